The summed E-state index contributed by atoms with van der Waals surface area (Å²) in [6.07, 6.45) is 3.66. The van der Waals surface area contributed by atoms with Crippen LogP contribution in [-0.2, 0) is 11.3 Å². The van der Waals surface area contributed by atoms with E-state index >= 15 is 0 Å². The average Bonchev–Trinajstić information content (AvgIpc) is 2.88. The molecule has 1 aromatic heterocycles. The van der Waals surface area contributed by atoms with Gasteiger partial charge in [0.2, 0.25) is 5.91 Å². The van der Waals surface area contributed by atoms with E-state index in [2.05, 4.69) is 38.0 Å². The van der Waals surface area contributed by atoms with E-state index in [9.17, 15) is 4.79 Å². The maximum absolute atomic E-state index is 12.5. The van der Waals surface area contributed by atoms with Crippen LogP contribution in [0.2, 0.25) is 0 Å². The number of rotatable bonds is 3. The quantitative estimate of drug-likeness (QED) is 0.872. The maximum atomic E-state index is 12.5. The third-order valence-corrected chi connectivity index (χ3v) is 4.66. The van der Waals surface area contributed by atoms with E-state index in [1.807, 2.05) is 21.8 Å². The highest BCUT2D eigenvalue weighted by atomic mass is 16.2. The number of nitrogens with zero attached hydrogens (tertiary/aromatic N) is 3. The van der Waals surface area contributed by atoms with Crippen LogP contribution in [0.1, 0.15) is 32.3 Å². The number of aryl methyl sites for hydroxylation is 2. The van der Waals surface area contributed by atoms with Gasteiger partial charge in [0, 0.05) is 24.9 Å². The van der Waals surface area contributed by atoms with Crippen LogP contribution in [0.5, 0.6) is 0 Å². The highest BCUT2D eigenvalue weighted by molar-refractivity contribution is 5.82. The van der Waals surface area contributed by atoms with Crippen LogP contribution in [0.25, 0.3) is 10.9 Å². The molecular weight excluding hydrogens is 274 g/mol. The third-order valence-electron chi connectivity index (χ3n) is 4.66. The standard InChI is InChI=1S/C18H25N3O/c1-13-9-14(2)12-20(11-13)18(22)7-8-21-17-6-4-5-15(3)16(17)10-19-21/h4-6,10,13-14H,7-9,11-12H2,1-3H3. The average molecular weight is 299 g/mol. The fourth-order valence-corrected chi connectivity index (χ4v) is 3.65. The second kappa shape index (κ2) is 6.11. The first-order valence-corrected chi connectivity index (χ1v) is 8.23. The molecule has 2 unspecified atom stereocenters. The lowest BCUT2D eigenvalue weighted by molar-refractivity contribution is -0.134. The molecule has 1 aromatic carbocycles. The molecule has 0 bridgehead atoms. The minimum absolute atomic E-state index is 0.259. The third kappa shape index (κ3) is 3.01. The molecule has 3 rings (SSSR count). The molecule has 118 valence electrons. The summed E-state index contributed by atoms with van der Waals surface area (Å²) in [6, 6.07) is 6.21. The number of fused-ring (bicyclic) bond motifs is 1. The summed E-state index contributed by atoms with van der Waals surface area (Å²) >= 11 is 0. The molecule has 0 saturated carbocycles. The van der Waals surface area contributed by atoms with Crippen molar-refractivity contribution in [2.24, 2.45) is 11.8 Å². The molecule has 2 heterocycles. The number of amides is 1. The summed E-state index contributed by atoms with van der Waals surface area (Å²) in [5, 5.41) is 5.63. The summed E-state index contributed by atoms with van der Waals surface area (Å²) in [5.74, 6) is 1.48. The van der Waals surface area contributed by atoms with Gasteiger partial charge in [-0.1, -0.05) is 26.0 Å². The first kappa shape index (κ1) is 15.1. The number of hydrogen-bond donors (Lipinski definition) is 0. The Hall–Kier alpha value is -1.84. The van der Waals surface area contributed by atoms with Gasteiger partial charge in [-0.15, -0.1) is 0 Å². The summed E-state index contributed by atoms with van der Waals surface area (Å²) in [5.41, 5.74) is 2.35. The van der Waals surface area contributed by atoms with Crippen LogP contribution in [-0.4, -0.2) is 33.7 Å². The Morgan fingerprint density at radius 2 is 2.00 bits per heavy atom. The highest BCUT2D eigenvalue weighted by Gasteiger charge is 2.25. The van der Waals surface area contributed by atoms with Crippen molar-refractivity contribution in [3.05, 3.63) is 30.0 Å². The van der Waals surface area contributed by atoms with Gasteiger partial charge in [-0.25, -0.2) is 0 Å². The van der Waals surface area contributed by atoms with E-state index < -0.39 is 0 Å². The Balaban J connectivity index is 1.66. The first-order chi connectivity index (χ1) is 10.5. The normalized spacial score (nSPS) is 22.2. The molecule has 22 heavy (non-hydrogen) atoms. The summed E-state index contributed by atoms with van der Waals surface area (Å²) in [7, 11) is 0. The lowest BCUT2D eigenvalue weighted by atomic mass is 9.92. The molecule has 2 atom stereocenters. The Kier molecular flexibility index (Phi) is 4.19. The smallest absolute Gasteiger partial charge is 0.224 e. The summed E-state index contributed by atoms with van der Waals surface area (Å²) in [4.78, 5) is 14.5. The predicted octanol–water partition coefficient (Wildman–Crippen LogP) is 3.24. The minimum Gasteiger partial charge on any atom is -0.342 e. The van der Waals surface area contributed by atoms with Gasteiger partial charge < -0.3 is 4.90 Å². The number of carbonyl (C=O) groups excluding carboxylic acids is 1. The van der Waals surface area contributed by atoms with Crippen molar-refractivity contribution in [2.75, 3.05) is 13.1 Å². The second-order valence-electron chi connectivity index (χ2n) is 6.87. The summed E-state index contributed by atoms with van der Waals surface area (Å²) in [6.45, 7) is 9.03. The van der Waals surface area contributed by atoms with Crippen LogP contribution < -0.4 is 0 Å². The molecule has 1 saturated heterocycles. The zero-order chi connectivity index (χ0) is 15.7. The molecular formula is C18H25N3O. The van der Waals surface area contributed by atoms with Gasteiger partial charge in [-0.05, 0) is 36.8 Å². The van der Waals surface area contributed by atoms with Gasteiger partial charge in [0.1, 0.15) is 0 Å². The Labute approximate surface area is 132 Å². The first-order valence-electron chi connectivity index (χ1n) is 8.23. The number of likely N-dealkylation sites (tertiary alicyclic amines) is 1. The van der Waals surface area contributed by atoms with Gasteiger partial charge >= 0.3 is 0 Å². The molecule has 0 radical (unpaired) electrons. The molecule has 0 N–H and O–H groups in total. The van der Waals surface area contributed by atoms with Crippen molar-refractivity contribution in [1.82, 2.24) is 14.7 Å². The Morgan fingerprint density at radius 3 is 2.73 bits per heavy atom. The van der Waals surface area contributed by atoms with Crippen LogP contribution in [0.15, 0.2) is 24.4 Å². The second-order valence-corrected chi connectivity index (χ2v) is 6.87. The number of carbonyl (C=O) groups is 1. The monoisotopic (exact) mass is 299 g/mol. The van der Waals surface area contributed by atoms with Crippen LogP contribution in [0.3, 0.4) is 0 Å². The molecule has 1 amide bonds. The van der Waals surface area contributed by atoms with Crippen molar-refractivity contribution in [1.29, 1.82) is 0 Å². The molecule has 2 aromatic rings. The number of benzene rings is 1. The van der Waals surface area contributed by atoms with Gasteiger partial charge in [0.05, 0.1) is 18.3 Å². The molecule has 1 fully saturated rings. The van der Waals surface area contributed by atoms with E-state index in [1.165, 1.54) is 17.4 Å². The molecule has 1 aliphatic rings. The van der Waals surface area contributed by atoms with Crippen LogP contribution >= 0.6 is 0 Å². The van der Waals surface area contributed by atoms with Gasteiger partial charge in [0.15, 0.2) is 0 Å². The van der Waals surface area contributed by atoms with E-state index in [1.54, 1.807) is 0 Å². The lowest BCUT2D eigenvalue weighted by Crippen LogP contribution is -2.42. The van der Waals surface area contributed by atoms with Gasteiger partial charge in [0.25, 0.3) is 0 Å². The van der Waals surface area contributed by atoms with Crippen LogP contribution in [0.4, 0.5) is 0 Å². The Morgan fingerprint density at radius 1 is 1.27 bits per heavy atom. The zero-order valence-corrected chi connectivity index (χ0v) is 13.7. The fraction of sp³-hybridized carbons (Fsp3) is 0.556. The predicted molar refractivity (Wildman–Crippen MR) is 88.6 cm³/mol. The number of hydrogen-bond acceptors (Lipinski definition) is 2. The SMILES string of the molecule is Cc1cccc2c1cnn2CCC(=O)N1CC(C)CC(C)C1. The number of piperidine rings is 1. The van der Waals surface area contributed by atoms with E-state index in [4.69, 9.17) is 0 Å². The van der Waals surface area contributed by atoms with Crippen LogP contribution in [0, 0.1) is 18.8 Å². The molecule has 4 nitrogen and oxygen atoms in total. The minimum atomic E-state index is 0.259. The van der Waals surface area contributed by atoms with Crippen molar-refractivity contribution < 1.29 is 4.79 Å². The van der Waals surface area contributed by atoms with E-state index in [0.29, 0.717) is 24.8 Å². The highest BCUT2D eigenvalue weighted by Crippen LogP contribution is 2.22. The Bertz CT molecular complexity index is 666. The zero-order valence-electron chi connectivity index (χ0n) is 13.7. The molecule has 4 heteroatoms. The van der Waals surface area contributed by atoms with Crippen molar-refractivity contribution in [2.45, 2.75) is 40.2 Å². The fourth-order valence-electron chi connectivity index (χ4n) is 3.65. The largest absolute Gasteiger partial charge is 0.342 e. The van der Waals surface area contributed by atoms with Gasteiger partial charge in [-0.3, -0.25) is 9.48 Å². The van der Waals surface area contributed by atoms with E-state index in [0.717, 1.165) is 18.6 Å². The molecule has 0 spiro atoms. The maximum Gasteiger partial charge on any atom is 0.224 e. The van der Waals surface area contributed by atoms with Crippen molar-refractivity contribution in [3.63, 3.8) is 0 Å². The lowest BCUT2D eigenvalue weighted by Gasteiger charge is -2.35. The van der Waals surface area contributed by atoms with Crippen molar-refractivity contribution >= 4 is 16.8 Å². The topological polar surface area (TPSA) is 38.1 Å². The van der Waals surface area contributed by atoms with Gasteiger partial charge in [-0.2, -0.15) is 5.10 Å². The number of aromatic nitrogens is 2. The molecule has 0 aliphatic carbocycles. The summed E-state index contributed by atoms with van der Waals surface area (Å²) < 4.78 is 1.96. The van der Waals surface area contributed by atoms with Crippen molar-refractivity contribution in [3.8, 4) is 0 Å². The van der Waals surface area contributed by atoms with E-state index in [-0.39, 0.29) is 5.91 Å². The molecule has 1 aliphatic heterocycles.